The Hall–Kier alpha value is -2.54. The van der Waals surface area contributed by atoms with Crippen LogP contribution < -0.4 is 9.47 Å². The maximum atomic E-state index is 11.4. The van der Waals surface area contributed by atoms with Gasteiger partial charge < -0.3 is 14.6 Å². The van der Waals surface area contributed by atoms with Gasteiger partial charge in [-0.2, -0.15) is 0 Å². The molecule has 7 heteroatoms. The number of halogens is 1. The van der Waals surface area contributed by atoms with Crippen LogP contribution in [-0.4, -0.2) is 36.2 Å². The molecule has 1 saturated heterocycles. The number of methoxy groups -OCH3 is 1. The van der Waals surface area contributed by atoms with Crippen molar-refractivity contribution in [2.45, 2.75) is 25.5 Å². The standard InChI is InChI=1S/C25H26ClNO4S/c1-30-21-15-19(7-8-20(21)31-16-17-5-3-2-4-6-17)24(22-9-10-23(26)32-22)27-13-11-18(12-14-27)25(28)29/h2-10,15,18,24H,11-14,16H2,1H3,(H,28,29). The molecule has 1 fully saturated rings. The maximum absolute atomic E-state index is 11.4. The summed E-state index contributed by atoms with van der Waals surface area (Å²) < 4.78 is 12.4. The minimum atomic E-state index is -0.707. The average Bonchev–Trinajstić information content (AvgIpc) is 3.24. The first-order valence-corrected chi connectivity index (χ1v) is 11.8. The number of rotatable bonds is 8. The Morgan fingerprint density at radius 3 is 2.50 bits per heavy atom. The molecule has 1 unspecified atom stereocenters. The van der Waals surface area contributed by atoms with Crippen LogP contribution in [-0.2, 0) is 11.4 Å². The highest BCUT2D eigenvalue weighted by atomic mass is 35.5. The SMILES string of the molecule is COc1cc(C(c2ccc(Cl)s2)N2CCC(C(=O)O)CC2)ccc1OCc1ccccc1. The summed E-state index contributed by atoms with van der Waals surface area (Å²) in [7, 11) is 1.64. The van der Waals surface area contributed by atoms with E-state index in [1.807, 2.05) is 54.6 Å². The van der Waals surface area contributed by atoms with Gasteiger partial charge in [-0.25, -0.2) is 0 Å². The second-order valence-corrected chi connectivity index (χ2v) is 9.62. The summed E-state index contributed by atoms with van der Waals surface area (Å²) in [5.41, 5.74) is 2.16. The highest BCUT2D eigenvalue weighted by molar-refractivity contribution is 7.16. The quantitative estimate of drug-likeness (QED) is 0.445. The number of piperidine rings is 1. The Kier molecular flexibility index (Phi) is 7.35. The lowest BCUT2D eigenvalue weighted by molar-refractivity contribution is -0.143. The lowest BCUT2D eigenvalue weighted by Crippen LogP contribution is -2.39. The van der Waals surface area contributed by atoms with Gasteiger partial charge in [-0.1, -0.05) is 48.0 Å². The lowest BCUT2D eigenvalue weighted by atomic mass is 9.93. The van der Waals surface area contributed by atoms with Crippen molar-refractivity contribution in [3.63, 3.8) is 0 Å². The summed E-state index contributed by atoms with van der Waals surface area (Å²) >= 11 is 7.81. The van der Waals surface area contributed by atoms with E-state index in [1.165, 1.54) is 0 Å². The van der Waals surface area contributed by atoms with Crippen molar-refractivity contribution in [2.75, 3.05) is 20.2 Å². The van der Waals surface area contributed by atoms with Crippen molar-refractivity contribution in [3.05, 3.63) is 81.0 Å². The van der Waals surface area contributed by atoms with Crippen molar-refractivity contribution < 1.29 is 19.4 Å². The van der Waals surface area contributed by atoms with Crippen LogP contribution in [0.3, 0.4) is 0 Å². The fraction of sp³-hybridized carbons (Fsp3) is 0.320. The van der Waals surface area contributed by atoms with E-state index in [1.54, 1.807) is 18.4 Å². The van der Waals surface area contributed by atoms with Crippen LogP contribution in [0.2, 0.25) is 4.34 Å². The van der Waals surface area contributed by atoms with Crippen molar-refractivity contribution in [1.29, 1.82) is 0 Å². The van der Waals surface area contributed by atoms with Crippen LogP contribution in [0.1, 0.15) is 34.9 Å². The number of carbonyl (C=O) groups is 1. The summed E-state index contributed by atoms with van der Waals surface area (Å²) in [6, 6.07) is 20.0. The molecule has 0 aliphatic carbocycles. The van der Waals surface area contributed by atoms with Crippen LogP contribution in [0, 0.1) is 5.92 Å². The molecule has 2 heterocycles. The van der Waals surface area contributed by atoms with Crippen LogP contribution >= 0.6 is 22.9 Å². The van der Waals surface area contributed by atoms with Crippen LogP contribution in [0.15, 0.2) is 60.7 Å². The molecular weight excluding hydrogens is 446 g/mol. The number of hydrogen-bond donors (Lipinski definition) is 1. The molecule has 1 N–H and O–H groups in total. The molecule has 1 aliphatic rings. The first-order valence-electron chi connectivity index (χ1n) is 10.6. The number of thiophene rings is 1. The van der Waals surface area contributed by atoms with Gasteiger partial charge in [0.2, 0.25) is 0 Å². The predicted molar refractivity (Wildman–Crippen MR) is 127 cm³/mol. The van der Waals surface area contributed by atoms with E-state index in [2.05, 4.69) is 11.0 Å². The van der Waals surface area contributed by atoms with E-state index in [0.717, 1.165) is 20.3 Å². The molecule has 3 aromatic rings. The minimum Gasteiger partial charge on any atom is -0.493 e. The smallest absolute Gasteiger partial charge is 0.306 e. The third kappa shape index (κ3) is 5.26. The van der Waals surface area contributed by atoms with Crippen LogP contribution in [0.25, 0.3) is 0 Å². The Morgan fingerprint density at radius 1 is 1.12 bits per heavy atom. The molecule has 1 aromatic heterocycles. The van der Waals surface area contributed by atoms with E-state index in [0.29, 0.717) is 44.0 Å². The summed E-state index contributed by atoms with van der Waals surface area (Å²) in [6.45, 7) is 1.89. The number of ether oxygens (including phenoxy) is 2. The molecule has 2 aromatic carbocycles. The van der Waals surface area contributed by atoms with Crippen molar-refractivity contribution >= 4 is 28.9 Å². The summed E-state index contributed by atoms with van der Waals surface area (Å²) in [6.07, 6.45) is 1.28. The van der Waals surface area contributed by atoms with Gasteiger partial charge in [0, 0.05) is 4.88 Å². The number of likely N-dealkylation sites (tertiary alicyclic amines) is 1. The molecule has 32 heavy (non-hydrogen) atoms. The molecular formula is C25H26ClNO4S. The Labute approximate surface area is 197 Å². The lowest BCUT2D eigenvalue weighted by Gasteiger charge is -2.36. The molecule has 0 spiro atoms. The van der Waals surface area contributed by atoms with E-state index < -0.39 is 5.97 Å². The summed E-state index contributed by atoms with van der Waals surface area (Å²) in [5, 5.41) is 9.37. The zero-order chi connectivity index (χ0) is 22.5. The molecule has 4 rings (SSSR count). The first kappa shape index (κ1) is 22.6. The Bertz CT molecular complexity index is 1050. The van der Waals surface area contributed by atoms with Gasteiger partial charge in [-0.3, -0.25) is 9.69 Å². The molecule has 5 nitrogen and oxygen atoms in total. The molecule has 168 valence electrons. The number of benzene rings is 2. The molecule has 0 bridgehead atoms. The summed E-state index contributed by atoms with van der Waals surface area (Å²) in [4.78, 5) is 14.9. The Balaban J connectivity index is 1.58. The zero-order valence-electron chi connectivity index (χ0n) is 17.9. The molecule has 1 atom stereocenters. The summed E-state index contributed by atoms with van der Waals surface area (Å²) in [5.74, 6) is 0.378. The van der Waals surface area contributed by atoms with Gasteiger partial charge in [0.1, 0.15) is 6.61 Å². The van der Waals surface area contributed by atoms with E-state index >= 15 is 0 Å². The molecule has 0 saturated carbocycles. The number of carboxylic acid groups (broad SMARTS) is 1. The zero-order valence-corrected chi connectivity index (χ0v) is 19.4. The van der Waals surface area contributed by atoms with E-state index in [4.69, 9.17) is 21.1 Å². The van der Waals surface area contributed by atoms with Crippen molar-refractivity contribution in [1.82, 2.24) is 4.90 Å². The van der Waals surface area contributed by atoms with Crippen LogP contribution in [0.4, 0.5) is 0 Å². The third-order valence-electron chi connectivity index (χ3n) is 5.85. The molecule has 1 aliphatic heterocycles. The molecule has 0 amide bonds. The fourth-order valence-corrected chi connectivity index (χ4v) is 5.37. The highest BCUT2D eigenvalue weighted by Crippen LogP contribution is 2.40. The monoisotopic (exact) mass is 471 g/mol. The minimum absolute atomic E-state index is 0.0145. The fourth-order valence-electron chi connectivity index (χ4n) is 4.14. The third-order valence-corrected chi connectivity index (χ3v) is 7.13. The van der Waals surface area contributed by atoms with Gasteiger partial charge >= 0.3 is 5.97 Å². The highest BCUT2D eigenvalue weighted by Gasteiger charge is 2.31. The Morgan fingerprint density at radius 2 is 1.88 bits per heavy atom. The number of hydrogen-bond acceptors (Lipinski definition) is 5. The number of nitrogens with zero attached hydrogens (tertiary/aromatic N) is 1. The van der Waals surface area contributed by atoms with Crippen molar-refractivity contribution in [3.8, 4) is 11.5 Å². The topological polar surface area (TPSA) is 59.0 Å². The second-order valence-electron chi connectivity index (χ2n) is 7.88. The van der Waals surface area contributed by atoms with E-state index in [-0.39, 0.29) is 12.0 Å². The average molecular weight is 472 g/mol. The van der Waals surface area contributed by atoms with Gasteiger partial charge in [0.15, 0.2) is 11.5 Å². The normalized spacial score (nSPS) is 15.9. The first-order chi connectivity index (χ1) is 15.5. The second kappa shape index (κ2) is 10.4. The predicted octanol–water partition coefficient (Wildman–Crippen LogP) is 5.88. The maximum Gasteiger partial charge on any atom is 0.306 e. The van der Waals surface area contributed by atoms with Crippen LogP contribution in [0.5, 0.6) is 11.5 Å². The van der Waals surface area contributed by atoms with Gasteiger partial charge in [0.05, 0.1) is 23.4 Å². The van der Waals surface area contributed by atoms with Gasteiger partial charge in [0.25, 0.3) is 0 Å². The van der Waals surface area contributed by atoms with Gasteiger partial charge in [-0.15, -0.1) is 11.3 Å². The number of carboxylic acids is 1. The number of aliphatic carboxylic acids is 1. The van der Waals surface area contributed by atoms with Gasteiger partial charge in [-0.05, 0) is 61.3 Å². The van der Waals surface area contributed by atoms with E-state index in [9.17, 15) is 9.90 Å². The molecule has 0 radical (unpaired) electrons. The largest absolute Gasteiger partial charge is 0.493 e. The van der Waals surface area contributed by atoms with Crippen molar-refractivity contribution in [2.24, 2.45) is 5.92 Å².